The van der Waals surface area contributed by atoms with Gasteiger partial charge >= 0.3 is 0 Å². The summed E-state index contributed by atoms with van der Waals surface area (Å²) in [4.78, 5) is 0. The molecular formula is C21H33Cl. The first kappa shape index (κ1) is 21.0. The highest BCUT2D eigenvalue weighted by Gasteiger charge is 2.20. The van der Waals surface area contributed by atoms with Crippen LogP contribution in [-0.2, 0) is 12.8 Å². The number of hydrogen-bond donors (Lipinski definition) is 0. The van der Waals surface area contributed by atoms with Gasteiger partial charge in [-0.15, -0.1) is 0 Å². The van der Waals surface area contributed by atoms with Gasteiger partial charge in [0, 0.05) is 5.03 Å². The number of hydrogen-bond acceptors (Lipinski definition) is 0. The Labute approximate surface area is 143 Å². The van der Waals surface area contributed by atoms with Crippen molar-refractivity contribution in [2.24, 2.45) is 0 Å². The molecule has 0 amide bonds. The number of benzene rings is 1. The van der Waals surface area contributed by atoms with Gasteiger partial charge in [-0.1, -0.05) is 58.4 Å². The van der Waals surface area contributed by atoms with E-state index in [9.17, 15) is 0 Å². The Morgan fingerprint density at radius 3 is 1.82 bits per heavy atom. The maximum absolute atomic E-state index is 6.04. The summed E-state index contributed by atoms with van der Waals surface area (Å²) in [6.45, 7) is 18.6. The summed E-state index contributed by atoms with van der Waals surface area (Å²) in [5.41, 5.74) is 8.37. The maximum atomic E-state index is 6.04. The number of allylic oxidation sites excluding steroid dienone is 1. The summed E-state index contributed by atoms with van der Waals surface area (Å²) in [5.74, 6) is 0. The minimum absolute atomic E-state index is 0.827. The van der Waals surface area contributed by atoms with Gasteiger partial charge in [0.1, 0.15) is 0 Å². The standard InChI is InChI=1S/C16H19Cl.C3H8.C2H6/c1-5-13-11(3)14-7-6-8-15(14)12(4)16(13)9-10(2)17;1-3-2;1-2/h5,9H,1,6-8H2,2-4H3;3H2,1-2H3;1-2H3/b10-9+;;. The molecule has 1 aliphatic carbocycles. The van der Waals surface area contributed by atoms with Gasteiger partial charge in [-0.3, -0.25) is 0 Å². The zero-order valence-electron chi connectivity index (χ0n) is 15.6. The molecule has 1 aliphatic rings. The van der Waals surface area contributed by atoms with Gasteiger partial charge in [-0.2, -0.15) is 0 Å². The molecule has 22 heavy (non-hydrogen) atoms. The molecule has 0 aliphatic heterocycles. The lowest BCUT2D eigenvalue weighted by atomic mass is 9.89. The van der Waals surface area contributed by atoms with Crippen molar-refractivity contribution in [3.63, 3.8) is 0 Å². The zero-order chi connectivity index (χ0) is 17.3. The number of fused-ring (bicyclic) bond motifs is 1. The Morgan fingerprint density at radius 1 is 1.05 bits per heavy atom. The van der Waals surface area contributed by atoms with Crippen LogP contribution in [0.1, 0.15) is 80.8 Å². The minimum atomic E-state index is 0.827. The van der Waals surface area contributed by atoms with Gasteiger partial charge in [0.25, 0.3) is 0 Å². The Bertz CT molecular complexity index is 517. The van der Waals surface area contributed by atoms with Crippen LogP contribution in [0.25, 0.3) is 12.2 Å². The lowest BCUT2D eigenvalue weighted by molar-refractivity contribution is 0.907. The van der Waals surface area contributed by atoms with Gasteiger partial charge in [-0.25, -0.2) is 0 Å². The van der Waals surface area contributed by atoms with E-state index in [4.69, 9.17) is 11.6 Å². The molecule has 0 atom stereocenters. The van der Waals surface area contributed by atoms with Crippen molar-refractivity contribution in [3.05, 3.63) is 45.0 Å². The van der Waals surface area contributed by atoms with Gasteiger partial charge in [0.15, 0.2) is 0 Å². The van der Waals surface area contributed by atoms with Crippen LogP contribution < -0.4 is 0 Å². The molecule has 0 saturated carbocycles. The van der Waals surface area contributed by atoms with Gasteiger partial charge in [0.05, 0.1) is 0 Å². The third-order valence-electron chi connectivity index (χ3n) is 3.77. The fourth-order valence-corrected chi connectivity index (χ4v) is 3.06. The Balaban J connectivity index is 0.000000789. The highest BCUT2D eigenvalue weighted by atomic mass is 35.5. The largest absolute Gasteiger partial charge is 0.0984 e. The van der Waals surface area contributed by atoms with Crippen molar-refractivity contribution in [1.29, 1.82) is 0 Å². The molecule has 0 radical (unpaired) electrons. The minimum Gasteiger partial charge on any atom is -0.0984 e. The molecular weight excluding hydrogens is 288 g/mol. The lowest BCUT2D eigenvalue weighted by Crippen LogP contribution is -2.00. The van der Waals surface area contributed by atoms with E-state index in [1.807, 2.05) is 26.8 Å². The highest BCUT2D eigenvalue weighted by molar-refractivity contribution is 6.31. The van der Waals surface area contributed by atoms with E-state index in [1.165, 1.54) is 53.5 Å². The fourth-order valence-electron chi connectivity index (χ4n) is 2.95. The normalized spacial score (nSPS) is 12.6. The van der Waals surface area contributed by atoms with Gasteiger partial charge in [-0.05, 0) is 79.5 Å². The van der Waals surface area contributed by atoms with Crippen molar-refractivity contribution in [2.75, 3.05) is 0 Å². The van der Waals surface area contributed by atoms with E-state index in [0.29, 0.717) is 0 Å². The van der Waals surface area contributed by atoms with Crippen LogP contribution in [-0.4, -0.2) is 0 Å². The second-order valence-corrected chi connectivity index (χ2v) is 6.13. The van der Waals surface area contributed by atoms with E-state index in [2.05, 4.69) is 40.3 Å². The number of halogens is 1. The lowest BCUT2D eigenvalue weighted by Gasteiger charge is -2.16. The van der Waals surface area contributed by atoms with E-state index in [-0.39, 0.29) is 0 Å². The van der Waals surface area contributed by atoms with Crippen molar-refractivity contribution < 1.29 is 0 Å². The smallest absolute Gasteiger partial charge is 0.0156 e. The van der Waals surface area contributed by atoms with Crippen molar-refractivity contribution in [1.82, 2.24) is 0 Å². The van der Waals surface area contributed by atoms with E-state index in [0.717, 1.165) is 5.03 Å². The summed E-state index contributed by atoms with van der Waals surface area (Å²) in [6.07, 6.45) is 8.99. The molecule has 0 N–H and O–H groups in total. The van der Waals surface area contributed by atoms with Crippen LogP contribution in [0.3, 0.4) is 0 Å². The molecule has 1 aromatic rings. The SMILES string of the molecule is C=Cc1c(C)c2c(c(C)c1/C=C(\C)Cl)CCC2.CC.CCC. The van der Waals surface area contributed by atoms with Crippen LogP contribution in [0.5, 0.6) is 0 Å². The first-order valence-electron chi connectivity index (χ1n) is 8.58. The summed E-state index contributed by atoms with van der Waals surface area (Å²) in [7, 11) is 0. The second kappa shape index (κ2) is 10.7. The van der Waals surface area contributed by atoms with Crippen LogP contribution in [0, 0.1) is 13.8 Å². The molecule has 124 valence electrons. The van der Waals surface area contributed by atoms with Crippen LogP contribution in [0.4, 0.5) is 0 Å². The topological polar surface area (TPSA) is 0 Å². The van der Waals surface area contributed by atoms with Crippen molar-refractivity contribution in [2.45, 2.75) is 74.1 Å². The third kappa shape index (κ3) is 5.02. The van der Waals surface area contributed by atoms with E-state index >= 15 is 0 Å². The fraction of sp³-hybridized carbons (Fsp3) is 0.524. The van der Waals surface area contributed by atoms with Crippen LogP contribution >= 0.6 is 11.6 Å². The van der Waals surface area contributed by atoms with Crippen molar-refractivity contribution in [3.8, 4) is 0 Å². The molecule has 2 rings (SSSR count). The maximum Gasteiger partial charge on any atom is 0.0156 e. The average molecular weight is 321 g/mol. The van der Waals surface area contributed by atoms with E-state index < -0.39 is 0 Å². The van der Waals surface area contributed by atoms with Crippen LogP contribution in [0.15, 0.2) is 11.6 Å². The summed E-state index contributed by atoms with van der Waals surface area (Å²) < 4.78 is 0. The Morgan fingerprint density at radius 2 is 1.45 bits per heavy atom. The molecule has 0 bridgehead atoms. The van der Waals surface area contributed by atoms with E-state index in [1.54, 1.807) is 5.56 Å². The second-order valence-electron chi connectivity index (χ2n) is 5.53. The molecule has 0 spiro atoms. The molecule has 0 aromatic heterocycles. The van der Waals surface area contributed by atoms with Gasteiger partial charge in [0.2, 0.25) is 0 Å². The summed E-state index contributed by atoms with van der Waals surface area (Å²) in [5, 5.41) is 0.827. The predicted molar refractivity (Wildman–Crippen MR) is 105 cm³/mol. The third-order valence-corrected chi connectivity index (χ3v) is 3.88. The Hall–Kier alpha value is -1.01. The predicted octanol–water partition coefficient (Wildman–Crippen LogP) is 7.48. The molecule has 1 heteroatoms. The molecule has 0 heterocycles. The molecule has 0 nitrogen and oxygen atoms in total. The van der Waals surface area contributed by atoms with Crippen molar-refractivity contribution >= 4 is 23.8 Å². The zero-order valence-corrected chi connectivity index (χ0v) is 16.3. The first-order valence-corrected chi connectivity index (χ1v) is 8.96. The molecule has 0 fully saturated rings. The highest BCUT2D eigenvalue weighted by Crippen LogP contribution is 2.35. The number of rotatable bonds is 2. The molecule has 1 aromatic carbocycles. The van der Waals surface area contributed by atoms with Gasteiger partial charge < -0.3 is 0 Å². The quantitative estimate of drug-likeness (QED) is 0.530. The molecule has 0 unspecified atom stereocenters. The summed E-state index contributed by atoms with van der Waals surface area (Å²) >= 11 is 6.04. The average Bonchev–Trinajstić information content (AvgIpc) is 2.97. The first-order chi connectivity index (χ1) is 10.5. The van der Waals surface area contributed by atoms with Crippen LogP contribution in [0.2, 0.25) is 0 Å². The Kier molecular flexibility index (Phi) is 10.2. The summed E-state index contributed by atoms with van der Waals surface area (Å²) in [6, 6.07) is 0. The molecule has 0 saturated heterocycles. The monoisotopic (exact) mass is 320 g/mol.